The second-order valence-corrected chi connectivity index (χ2v) is 4.90. The third-order valence-corrected chi connectivity index (χ3v) is 3.46. The van der Waals surface area contributed by atoms with Crippen molar-refractivity contribution < 1.29 is 9.59 Å². The number of anilines is 1. The van der Waals surface area contributed by atoms with Gasteiger partial charge in [-0.05, 0) is 24.6 Å². The Labute approximate surface area is 119 Å². The molecule has 0 radical (unpaired) electrons. The van der Waals surface area contributed by atoms with Crippen LogP contribution in [0.2, 0.25) is 0 Å². The molecule has 0 aliphatic carbocycles. The molecular formula is C15H21N3O2. The van der Waals surface area contributed by atoms with Gasteiger partial charge in [-0.25, -0.2) is 0 Å². The molecule has 0 spiro atoms. The van der Waals surface area contributed by atoms with Crippen molar-refractivity contribution in [3.8, 4) is 0 Å². The van der Waals surface area contributed by atoms with E-state index in [1.807, 2.05) is 23.1 Å². The highest BCUT2D eigenvalue weighted by Gasteiger charge is 2.25. The topological polar surface area (TPSA) is 61.4 Å². The van der Waals surface area contributed by atoms with Crippen LogP contribution in [0.25, 0.3) is 0 Å². The normalized spacial score (nSPS) is 17.0. The SMILES string of the molecule is CCNC(CC)c1ccccc1N1CC(=O)NC(=O)C1. The van der Waals surface area contributed by atoms with Gasteiger partial charge in [-0.1, -0.05) is 32.0 Å². The molecule has 108 valence electrons. The molecule has 1 saturated heterocycles. The molecule has 2 rings (SSSR count). The van der Waals surface area contributed by atoms with Gasteiger partial charge in [0.2, 0.25) is 11.8 Å². The summed E-state index contributed by atoms with van der Waals surface area (Å²) in [5.41, 5.74) is 2.10. The van der Waals surface area contributed by atoms with Gasteiger partial charge < -0.3 is 10.2 Å². The van der Waals surface area contributed by atoms with Gasteiger partial charge in [0.15, 0.2) is 0 Å². The molecule has 2 N–H and O–H groups in total. The van der Waals surface area contributed by atoms with Crippen molar-refractivity contribution in [2.75, 3.05) is 24.5 Å². The number of carbonyl (C=O) groups excluding carboxylic acids is 2. The number of imide groups is 1. The van der Waals surface area contributed by atoms with E-state index in [9.17, 15) is 9.59 Å². The first-order valence-corrected chi connectivity index (χ1v) is 7.05. The van der Waals surface area contributed by atoms with E-state index < -0.39 is 0 Å². The Balaban J connectivity index is 2.31. The Morgan fingerprint density at radius 2 is 1.85 bits per heavy atom. The largest absolute Gasteiger partial charge is 0.353 e. The van der Waals surface area contributed by atoms with Gasteiger partial charge in [0.1, 0.15) is 0 Å². The Morgan fingerprint density at radius 3 is 2.45 bits per heavy atom. The van der Waals surface area contributed by atoms with Gasteiger partial charge in [-0.3, -0.25) is 14.9 Å². The van der Waals surface area contributed by atoms with E-state index >= 15 is 0 Å². The van der Waals surface area contributed by atoms with Gasteiger partial charge in [0, 0.05) is 11.7 Å². The summed E-state index contributed by atoms with van der Waals surface area (Å²) < 4.78 is 0. The van der Waals surface area contributed by atoms with Crippen molar-refractivity contribution in [3.05, 3.63) is 29.8 Å². The molecule has 0 saturated carbocycles. The summed E-state index contributed by atoms with van der Waals surface area (Å²) in [5, 5.41) is 5.77. The number of carbonyl (C=O) groups is 2. The molecule has 0 aromatic heterocycles. The Bertz CT molecular complexity index is 486. The summed E-state index contributed by atoms with van der Waals surface area (Å²) in [4.78, 5) is 24.9. The van der Waals surface area contributed by atoms with E-state index in [-0.39, 0.29) is 30.9 Å². The van der Waals surface area contributed by atoms with Crippen molar-refractivity contribution in [3.63, 3.8) is 0 Å². The van der Waals surface area contributed by atoms with Crippen LogP contribution in [-0.2, 0) is 9.59 Å². The summed E-state index contributed by atoms with van der Waals surface area (Å²) >= 11 is 0. The Hall–Kier alpha value is -1.88. The fraction of sp³-hybridized carbons (Fsp3) is 0.467. The lowest BCUT2D eigenvalue weighted by molar-refractivity contribution is -0.130. The van der Waals surface area contributed by atoms with E-state index in [0.29, 0.717) is 0 Å². The van der Waals surface area contributed by atoms with Gasteiger partial charge in [-0.15, -0.1) is 0 Å². The van der Waals surface area contributed by atoms with Crippen LogP contribution >= 0.6 is 0 Å². The lowest BCUT2D eigenvalue weighted by Crippen LogP contribution is -2.51. The van der Waals surface area contributed by atoms with Crippen molar-refractivity contribution in [2.24, 2.45) is 0 Å². The summed E-state index contributed by atoms with van der Waals surface area (Å²) in [5.74, 6) is -0.486. The molecule has 1 aliphatic rings. The number of amides is 2. The van der Waals surface area contributed by atoms with Crippen LogP contribution in [0.3, 0.4) is 0 Å². The minimum absolute atomic E-state index is 0.227. The molecule has 2 amide bonds. The highest BCUT2D eigenvalue weighted by atomic mass is 16.2. The molecule has 1 atom stereocenters. The van der Waals surface area contributed by atoms with Crippen LogP contribution in [0.5, 0.6) is 0 Å². The van der Waals surface area contributed by atoms with Crippen molar-refractivity contribution in [2.45, 2.75) is 26.3 Å². The van der Waals surface area contributed by atoms with E-state index in [0.717, 1.165) is 24.2 Å². The lowest BCUT2D eigenvalue weighted by Gasteiger charge is -2.31. The average molecular weight is 275 g/mol. The molecule has 5 nitrogen and oxygen atoms in total. The minimum atomic E-state index is -0.243. The number of benzene rings is 1. The van der Waals surface area contributed by atoms with Crippen molar-refractivity contribution in [1.82, 2.24) is 10.6 Å². The molecular weight excluding hydrogens is 254 g/mol. The van der Waals surface area contributed by atoms with Crippen LogP contribution in [0.4, 0.5) is 5.69 Å². The molecule has 5 heteroatoms. The first kappa shape index (κ1) is 14.5. The smallest absolute Gasteiger partial charge is 0.246 e. The van der Waals surface area contributed by atoms with E-state index in [1.165, 1.54) is 0 Å². The first-order valence-electron chi connectivity index (χ1n) is 7.05. The quantitative estimate of drug-likeness (QED) is 0.793. The summed E-state index contributed by atoms with van der Waals surface area (Å²) in [6, 6.07) is 8.19. The number of hydrogen-bond acceptors (Lipinski definition) is 4. The third-order valence-electron chi connectivity index (χ3n) is 3.46. The minimum Gasteiger partial charge on any atom is -0.353 e. The van der Waals surface area contributed by atoms with Crippen LogP contribution in [0, 0.1) is 0 Å². The zero-order chi connectivity index (χ0) is 14.5. The highest BCUT2D eigenvalue weighted by Crippen LogP contribution is 2.28. The summed E-state index contributed by atoms with van der Waals surface area (Å²) in [6.07, 6.45) is 0.957. The van der Waals surface area contributed by atoms with Gasteiger partial charge >= 0.3 is 0 Å². The maximum atomic E-state index is 11.5. The maximum absolute atomic E-state index is 11.5. The second kappa shape index (κ2) is 6.52. The Morgan fingerprint density at radius 1 is 1.20 bits per heavy atom. The molecule has 1 heterocycles. The molecule has 0 bridgehead atoms. The van der Waals surface area contributed by atoms with Crippen LogP contribution in [-0.4, -0.2) is 31.4 Å². The Kier molecular flexibility index (Phi) is 4.74. The molecule has 1 unspecified atom stereocenters. The molecule has 1 aromatic carbocycles. The number of rotatable bonds is 5. The zero-order valence-electron chi connectivity index (χ0n) is 12.0. The second-order valence-electron chi connectivity index (χ2n) is 4.90. The van der Waals surface area contributed by atoms with Crippen LogP contribution in [0.15, 0.2) is 24.3 Å². The molecule has 1 fully saturated rings. The highest BCUT2D eigenvalue weighted by molar-refractivity contribution is 6.02. The average Bonchev–Trinajstić information content (AvgIpc) is 2.44. The predicted octanol–water partition coefficient (Wildman–Crippen LogP) is 1.21. The zero-order valence-corrected chi connectivity index (χ0v) is 12.0. The third kappa shape index (κ3) is 3.17. The number of piperazine rings is 1. The van der Waals surface area contributed by atoms with E-state index in [4.69, 9.17) is 0 Å². The molecule has 1 aromatic rings. The fourth-order valence-corrected chi connectivity index (χ4v) is 2.60. The number of para-hydroxylation sites is 1. The van der Waals surface area contributed by atoms with Crippen LogP contribution < -0.4 is 15.5 Å². The van der Waals surface area contributed by atoms with E-state index in [1.54, 1.807) is 0 Å². The van der Waals surface area contributed by atoms with Gasteiger partial charge in [0.05, 0.1) is 13.1 Å². The maximum Gasteiger partial charge on any atom is 0.246 e. The monoisotopic (exact) mass is 275 g/mol. The lowest BCUT2D eigenvalue weighted by atomic mass is 10.0. The fourth-order valence-electron chi connectivity index (χ4n) is 2.60. The van der Waals surface area contributed by atoms with Crippen molar-refractivity contribution in [1.29, 1.82) is 0 Å². The summed E-state index contributed by atoms with van der Waals surface area (Å²) in [7, 11) is 0. The van der Waals surface area contributed by atoms with Crippen LogP contribution in [0.1, 0.15) is 31.9 Å². The first-order chi connectivity index (χ1) is 9.65. The number of hydrogen-bond donors (Lipinski definition) is 2. The number of nitrogens with zero attached hydrogens (tertiary/aromatic N) is 1. The van der Waals surface area contributed by atoms with Gasteiger partial charge in [-0.2, -0.15) is 0 Å². The molecule has 20 heavy (non-hydrogen) atoms. The van der Waals surface area contributed by atoms with Gasteiger partial charge in [0.25, 0.3) is 0 Å². The van der Waals surface area contributed by atoms with E-state index in [2.05, 4.69) is 30.5 Å². The van der Waals surface area contributed by atoms with Crippen molar-refractivity contribution >= 4 is 17.5 Å². The molecule has 1 aliphatic heterocycles. The standard InChI is InChI=1S/C15H21N3O2/c1-3-12(16-4-2)11-7-5-6-8-13(11)18-9-14(19)17-15(20)10-18/h5-8,12,16H,3-4,9-10H2,1-2H3,(H,17,19,20). The summed E-state index contributed by atoms with van der Waals surface area (Å²) in [6.45, 7) is 5.53. The predicted molar refractivity (Wildman–Crippen MR) is 78.5 cm³/mol. The number of nitrogens with one attached hydrogen (secondary N) is 2.